The molecule has 2 aliphatic heterocycles. The first-order valence-electron chi connectivity index (χ1n) is 14.8. The van der Waals surface area contributed by atoms with Crippen LogP contribution < -0.4 is 15.0 Å². The van der Waals surface area contributed by atoms with Gasteiger partial charge >= 0.3 is 0 Å². The molecule has 9 nitrogen and oxygen atoms in total. The minimum absolute atomic E-state index is 0.0164. The molecule has 7 rings (SSSR count). The quantitative estimate of drug-likeness (QED) is 0.634. The highest BCUT2D eigenvalue weighted by molar-refractivity contribution is 5.91. The Balaban J connectivity index is 1.26. The molecule has 204 valence electrons. The number of fused-ring (bicyclic) bond motifs is 2. The largest absolute Gasteiger partial charge is 0.473 e. The van der Waals surface area contributed by atoms with Crippen LogP contribution in [-0.2, 0) is 16.6 Å². The van der Waals surface area contributed by atoms with Crippen molar-refractivity contribution in [3.05, 3.63) is 17.3 Å². The summed E-state index contributed by atoms with van der Waals surface area (Å²) in [5.74, 6) is 2.95. The third-order valence-electron chi connectivity index (χ3n) is 9.93. The van der Waals surface area contributed by atoms with E-state index in [4.69, 9.17) is 19.2 Å². The van der Waals surface area contributed by atoms with Crippen LogP contribution in [0.2, 0.25) is 0 Å². The van der Waals surface area contributed by atoms with E-state index in [0.717, 1.165) is 88.2 Å². The zero-order valence-electron chi connectivity index (χ0n) is 22.8. The van der Waals surface area contributed by atoms with E-state index in [1.54, 1.807) is 0 Å². The van der Waals surface area contributed by atoms with E-state index in [1.807, 2.05) is 6.07 Å². The molecule has 2 aromatic rings. The molecule has 0 aromatic carbocycles. The van der Waals surface area contributed by atoms with Crippen LogP contribution in [0.25, 0.3) is 11.6 Å². The predicted octanol–water partition coefficient (Wildman–Crippen LogP) is 3.65. The number of likely N-dealkylation sites (N-methyl/N-ethyl adjacent to an activating group) is 1. The molecule has 9 heteroatoms. The second-order valence-electron chi connectivity index (χ2n) is 12.4. The summed E-state index contributed by atoms with van der Waals surface area (Å²) < 4.78 is 12.6. The van der Waals surface area contributed by atoms with Crippen molar-refractivity contribution in [3.63, 3.8) is 0 Å². The van der Waals surface area contributed by atoms with Crippen LogP contribution >= 0.6 is 0 Å². The van der Waals surface area contributed by atoms with Crippen LogP contribution in [0.5, 0.6) is 5.88 Å². The number of nitrogens with zero attached hydrogens (tertiary/aromatic N) is 5. The maximum Gasteiger partial charge on any atom is 0.219 e. The fourth-order valence-electron chi connectivity index (χ4n) is 7.56. The Morgan fingerprint density at radius 2 is 1.97 bits per heavy atom. The van der Waals surface area contributed by atoms with Gasteiger partial charge in [-0.15, -0.1) is 0 Å². The number of carbonyl (C=O) groups excluding carboxylic acids is 1. The number of nitrogens with one attached hydrogen (secondary N) is 1. The lowest BCUT2D eigenvalue weighted by Gasteiger charge is -2.37. The van der Waals surface area contributed by atoms with E-state index in [0.29, 0.717) is 35.7 Å². The molecule has 5 aliphatic rings. The minimum atomic E-state index is -0.483. The number of aromatic nitrogens is 3. The van der Waals surface area contributed by atoms with Gasteiger partial charge in [0.15, 0.2) is 0 Å². The summed E-state index contributed by atoms with van der Waals surface area (Å²) in [6.45, 7) is 6.03. The molecule has 0 radical (unpaired) electrons. The molecule has 2 saturated heterocycles. The van der Waals surface area contributed by atoms with Crippen molar-refractivity contribution < 1.29 is 14.1 Å². The van der Waals surface area contributed by atoms with Crippen molar-refractivity contribution in [2.45, 2.75) is 101 Å². The number of ether oxygens (including phenoxy) is 1. The molecule has 4 heterocycles. The Labute approximate surface area is 224 Å². The molecule has 4 fully saturated rings. The van der Waals surface area contributed by atoms with Gasteiger partial charge in [0.25, 0.3) is 0 Å². The van der Waals surface area contributed by atoms with Gasteiger partial charge in [0, 0.05) is 49.3 Å². The van der Waals surface area contributed by atoms with Gasteiger partial charge in [0.1, 0.15) is 23.4 Å². The van der Waals surface area contributed by atoms with Gasteiger partial charge in [-0.2, -0.15) is 4.98 Å². The normalized spacial score (nSPS) is 29.6. The van der Waals surface area contributed by atoms with Crippen LogP contribution in [0.4, 0.5) is 5.82 Å². The summed E-state index contributed by atoms with van der Waals surface area (Å²) in [5.41, 5.74) is 1.61. The number of hydrogen-bond donors (Lipinski definition) is 1. The average molecular weight is 521 g/mol. The highest BCUT2D eigenvalue weighted by Gasteiger charge is 2.48. The Bertz CT molecular complexity index is 1220. The number of hydrogen-bond acceptors (Lipinski definition) is 9. The van der Waals surface area contributed by atoms with Crippen molar-refractivity contribution in [3.8, 4) is 17.5 Å². The summed E-state index contributed by atoms with van der Waals surface area (Å²) in [4.78, 5) is 27.9. The molecule has 2 saturated carbocycles. The zero-order valence-corrected chi connectivity index (χ0v) is 22.8. The highest BCUT2D eigenvalue weighted by Crippen LogP contribution is 2.47. The first-order chi connectivity index (χ1) is 18.5. The summed E-state index contributed by atoms with van der Waals surface area (Å²) in [6.07, 6.45) is 11.0. The van der Waals surface area contributed by atoms with Crippen molar-refractivity contribution >= 4 is 11.6 Å². The fraction of sp³-hybridized carbons (Fsp3) is 0.724. The first-order valence-corrected chi connectivity index (χ1v) is 14.8. The lowest BCUT2D eigenvalue weighted by atomic mass is 9.64. The molecule has 3 aliphatic carbocycles. The monoisotopic (exact) mass is 520 g/mol. The van der Waals surface area contributed by atoms with Gasteiger partial charge in [-0.1, -0.05) is 11.6 Å². The molecule has 0 unspecified atom stereocenters. The molecule has 2 aromatic heterocycles. The molecular weight excluding hydrogens is 480 g/mol. The van der Waals surface area contributed by atoms with Crippen LogP contribution in [-0.4, -0.2) is 76.7 Å². The van der Waals surface area contributed by atoms with Crippen molar-refractivity contribution in [1.29, 1.82) is 0 Å². The van der Waals surface area contributed by atoms with Gasteiger partial charge in [0.2, 0.25) is 17.5 Å². The van der Waals surface area contributed by atoms with E-state index in [9.17, 15) is 4.79 Å². The standard InChI is InChI=1S/C29H40N6O3/c1-19(21-8-6-15-34(21)2)37-24-17-23(35-16-14-30-28(18-35)12-13-28)31-27(32-24)25-20-7-5-11-29(26(20)33-38-25)10-4-3-9-22(29)36/h17,19,21,30H,3-16,18H2,1-2H3/t19-,21-,29+/m0/s1. The molecule has 3 atom stereocenters. The second-order valence-corrected chi connectivity index (χ2v) is 12.4. The minimum Gasteiger partial charge on any atom is -0.473 e. The number of piperazine rings is 1. The zero-order chi connectivity index (χ0) is 25.9. The number of anilines is 1. The molecule has 2 spiro atoms. The summed E-state index contributed by atoms with van der Waals surface area (Å²) in [5, 5.41) is 8.25. The van der Waals surface area contributed by atoms with Crippen molar-refractivity contribution in [1.82, 2.24) is 25.3 Å². The molecule has 38 heavy (non-hydrogen) atoms. The van der Waals surface area contributed by atoms with Crippen LogP contribution in [0, 0.1) is 0 Å². The lowest BCUT2D eigenvalue weighted by molar-refractivity contribution is -0.127. The maximum absolute atomic E-state index is 13.2. The third kappa shape index (κ3) is 4.13. The summed E-state index contributed by atoms with van der Waals surface area (Å²) in [7, 11) is 2.17. The van der Waals surface area contributed by atoms with Crippen molar-refractivity contribution in [2.75, 3.05) is 38.1 Å². The maximum atomic E-state index is 13.2. The molecule has 0 bridgehead atoms. The van der Waals surface area contributed by atoms with Gasteiger partial charge in [-0.25, -0.2) is 4.98 Å². The van der Waals surface area contributed by atoms with E-state index in [-0.39, 0.29) is 11.6 Å². The third-order valence-corrected chi connectivity index (χ3v) is 9.93. The average Bonchev–Trinajstić information content (AvgIpc) is 3.30. The van der Waals surface area contributed by atoms with E-state index < -0.39 is 5.41 Å². The van der Waals surface area contributed by atoms with Gasteiger partial charge in [-0.3, -0.25) is 9.69 Å². The Hall–Kier alpha value is -2.52. The Morgan fingerprint density at radius 3 is 2.76 bits per heavy atom. The van der Waals surface area contributed by atoms with Crippen LogP contribution in [0.3, 0.4) is 0 Å². The number of ketones is 1. The Morgan fingerprint density at radius 1 is 1.11 bits per heavy atom. The van der Waals surface area contributed by atoms with Crippen LogP contribution in [0.1, 0.15) is 82.4 Å². The second kappa shape index (κ2) is 9.30. The molecule has 1 N–H and O–H groups in total. The number of Topliss-reactive ketones (excluding diaryl/α,β-unsaturated/α-hetero) is 1. The topological polar surface area (TPSA) is 96.6 Å². The van der Waals surface area contributed by atoms with Gasteiger partial charge in [0.05, 0.1) is 5.41 Å². The summed E-state index contributed by atoms with van der Waals surface area (Å²) >= 11 is 0. The Kier molecular flexibility index (Phi) is 6.00. The number of likely N-dealkylation sites (tertiary alicyclic amines) is 1. The van der Waals surface area contributed by atoms with Crippen molar-refractivity contribution in [2.24, 2.45) is 0 Å². The van der Waals surface area contributed by atoms with Gasteiger partial charge in [-0.05, 0) is 78.3 Å². The number of rotatable bonds is 5. The SMILES string of the molecule is C[C@H](Oc1cc(N2CCNC3(CC3)C2)nc(-c2onc3c2CCC[C@@]32CCCCC2=O)n1)[C@@H]1CCCN1C. The molecule has 0 amide bonds. The number of carbonyl (C=O) groups is 1. The van der Waals surface area contributed by atoms with Crippen LogP contribution in [0.15, 0.2) is 10.6 Å². The van der Waals surface area contributed by atoms with E-state index in [1.165, 1.54) is 19.3 Å². The first kappa shape index (κ1) is 24.5. The van der Waals surface area contributed by atoms with E-state index >= 15 is 0 Å². The fourth-order valence-corrected chi connectivity index (χ4v) is 7.56. The predicted molar refractivity (Wildman–Crippen MR) is 144 cm³/mol. The summed E-state index contributed by atoms with van der Waals surface area (Å²) in [6, 6.07) is 2.38. The van der Waals surface area contributed by atoms with E-state index in [2.05, 4.69) is 34.2 Å². The van der Waals surface area contributed by atoms with Gasteiger partial charge < -0.3 is 19.5 Å². The lowest BCUT2D eigenvalue weighted by Crippen LogP contribution is -2.52. The molecular formula is C29H40N6O3. The smallest absolute Gasteiger partial charge is 0.219 e. The highest BCUT2D eigenvalue weighted by atomic mass is 16.5.